The van der Waals surface area contributed by atoms with Crippen molar-refractivity contribution in [1.29, 1.82) is 0 Å². The first-order valence-electron chi connectivity index (χ1n) is 5.46. The third kappa shape index (κ3) is 3.87. The summed E-state index contributed by atoms with van der Waals surface area (Å²) in [4.78, 5) is 0. The van der Waals surface area contributed by atoms with Crippen molar-refractivity contribution in [3.63, 3.8) is 0 Å². The number of rotatable bonds is 4. The van der Waals surface area contributed by atoms with Crippen molar-refractivity contribution in [2.75, 3.05) is 6.61 Å². The molecule has 1 rings (SSSR count). The van der Waals surface area contributed by atoms with E-state index in [-0.39, 0.29) is 24.0 Å². The van der Waals surface area contributed by atoms with Crippen LogP contribution in [0.25, 0.3) is 0 Å². The highest BCUT2D eigenvalue weighted by Crippen LogP contribution is 2.38. The molecule has 2 nitrogen and oxygen atoms in total. The normalized spacial score (nSPS) is 15.3. The van der Waals surface area contributed by atoms with E-state index in [1.807, 2.05) is 0 Å². The molecule has 1 aromatic rings. The molecular formula is C12H15F4NO. The summed E-state index contributed by atoms with van der Waals surface area (Å²) in [6.07, 6.45) is -4.44. The van der Waals surface area contributed by atoms with E-state index in [0.717, 1.165) is 19.1 Å². The van der Waals surface area contributed by atoms with Crippen molar-refractivity contribution in [3.8, 4) is 5.75 Å². The first-order valence-corrected chi connectivity index (χ1v) is 5.46. The monoisotopic (exact) mass is 265 g/mol. The van der Waals surface area contributed by atoms with Crippen molar-refractivity contribution >= 4 is 0 Å². The Bertz CT molecular complexity index is 404. The molecule has 0 unspecified atom stereocenters. The highest BCUT2D eigenvalue weighted by Gasteiger charge is 2.38. The summed E-state index contributed by atoms with van der Waals surface area (Å²) in [5.41, 5.74) is 5.24. The van der Waals surface area contributed by atoms with Crippen LogP contribution in [0, 0.1) is 5.82 Å². The fourth-order valence-corrected chi connectivity index (χ4v) is 1.39. The largest absolute Gasteiger partial charge is 0.492 e. The molecule has 0 aliphatic rings. The van der Waals surface area contributed by atoms with Crippen LogP contribution in [0.5, 0.6) is 5.75 Å². The lowest BCUT2D eigenvalue weighted by molar-refractivity contribution is -0.146. The summed E-state index contributed by atoms with van der Waals surface area (Å²) >= 11 is 0. The lowest BCUT2D eigenvalue weighted by Gasteiger charge is -2.20. The van der Waals surface area contributed by atoms with Gasteiger partial charge in [-0.15, -0.1) is 0 Å². The van der Waals surface area contributed by atoms with Gasteiger partial charge >= 0.3 is 6.18 Å². The highest BCUT2D eigenvalue weighted by molar-refractivity contribution is 5.37. The number of halogens is 4. The SMILES string of the molecule is C[C@H](N)COc1ccc(F)cc1[C@H](C)C(F)(F)F. The zero-order valence-corrected chi connectivity index (χ0v) is 10.1. The molecule has 1 aromatic carbocycles. The predicted octanol–water partition coefficient (Wildman–Crippen LogP) is 3.22. The average molecular weight is 265 g/mol. The number of ether oxygens (including phenoxy) is 1. The molecule has 0 aliphatic carbocycles. The van der Waals surface area contributed by atoms with Crippen molar-refractivity contribution in [3.05, 3.63) is 29.6 Å². The molecule has 2 N–H and O–H groups in total. The quantitative estimate of drug-likeness (QED) is 0.848. The fourth-order valence-electron chi connectivity index (χ4n) is 1.39. The minimum atomic E-state index is -4.44. The number of benzene rings is 1. The summed E-state index contributed by atoms with van der Waals surface area (Å²) < 4.78 is 56.2. The summed E-state index contributed by atoms with van der Waals surface area (Å²) in [7, 11) is 0. The Morgan fingerprint density at radius 2 is 1.89 bits per heavy atom. The molecule has 0 fully saturated rings. The maximum Gasteiger partial charge on any atom is 0.395 e. The third-order valence-electron chi connectivity index (χ3n) is 2.43. The van der Waals surface area contributed by atoms with Gasteiger partial charge in [-0.25, -0.2) is 4.39 Å². The van der Waals surface area contributed by atoms with E-state index in [9.17, 15) is 17.6 Å². The van der Waals surface area contributed by atoms with Gasteiger partial charge in [-0.3, -0.25) is 0 Å². The van der Waals surface area contributed by atoms with E-state index in [0.29, 0.717) is 0 Å². The van der Waals surface area contributed by atoms with E-state index < -0.39 is 17.9 Å². The van der Waals surface area contributed by atoms with E-state index in [2.05, 4.69) is 0 Å². The van der Waals surface area contributed by atoms with Gasteiger partial charge in [0.2, 0.25) is 0 Å². The van der Waals surface area contributed by atoms with Crippen molar-refractivity contribution in [2.24, 2.45) is 5.73 Å². The number of hydrogen-bond donors (Lipinski definition) is 1. The Kier molecular flexibility index (Phi) is 4.56. The van der Waals surface area contributed by atoms with Crippen LogP contribution in [-0.2, 0) is 0 Å². The Hall–Kier alpha value is -1.30. The number of alkyl halides is 3. The van der Waals surface area contributed by atoms with Crippen LogP contribution in [0.1, 0.15) is 25.3 Å². The number of nitrogens with two attached hydrogens (primary N) is 1. The van der Waals surface area contributed by atoms with Crippen molar-refractivity contribution in [1.82, 2.24) is 0 Å². The van der Waals surface area contributed by atoms with E-state index in [4.69, 9.17) is 10.5 Å². The molecule has 6 heteroatoms. The summed E-state index contributed by atoms with van der Waals surface area (Å²) in [5, 5.41) is 0. The van der Waals surface area contributed by atoms with Crippen LogP contribution >= 0.6 is 0 Å². The molecule has 0 bridgehead atoms. The molecule has 0 amide bonds. The maximum atomic E-state index is 13.0. The van der Waals surface area contributed by atoms with Crippen LogP contribution in [0.2, 0.25) is 0 Å². The summed E-state index contributed by atoms with van der Waals surface area (Å²) in [6, 6.07) is 2.77. The Morgan fingerprint density at radius 3 is 2.39 bits per heavy atom. The maximum absolute atomic E-state index is 13.0. The molecule has 0 saturated heterocycles. The van der Waals surface area contributed by atoms with Crippen LogP contribution < -0.4 is 10.5 Å². The molecule has 2 atom stereocenters. The fraction of sp³-hybridized carbons (Fsp3) is 0.500. The first-order chi connectivity index (χ1) is 8.21. The van der Waals surface area contributed by atoms with Gasteiger partial charge in [-0.05, 0) is 32.0 Å². The summed E-state index contributed by atoms with van der Waals surface area (Å²) in [6.45, 7) is 2.70. The summed E-state index contributed by atoms with van der Waals surface area (Å²) in [5.74, 6) is -2.51. The van der Waals surface area contributed by atoms with Crippen molar-refractivity contribution < 1.29 is 22.3 Å². The molecule has 102 valence electrons. The molecule has 0 aliphatic heterocycles. The van der Waals surface area contributed by atoms with Gasteiger partial charge in [0.1, 0.15) is 18.2 Å². The minimum absolute atomic E-state index is 0.0125. The molecule has 0 radical (unpaired) electrons. The van der Waals surface area contributed by atoms with Gasteiger partial charge < -0.3 is 10.5 Å². The molecule has 0 heterocycles. The van der Waals surface area contributed by atoms with Gasteiger partial charge in [0, 0.05) is 11.6 Å². The van der Waals surface area contributed by atoms with Gasteiger partial charge in [-0.1, -0.05) is 0 Å². The van der Waals surface area contributed by atoms with Crippen LogP contribution in [0.3, 0.4) is 0 Å². The Balaban J connectivity index is 3.03. The second-order valence-electron chi connectivity index (χ2n) is 4.23. The minimum Gasteiger partial charge on any atom is -0.492 e. The zero-order chi connectivity index (χ0) is 13.9. The smallest absolute Gasteiger partial charge is 0.395 e. The van der Waals surface area contributed by atoms with Gasteiger partial charge in [-0.2, -0.15) is 13.2 Å². The van der Waals surface area contributed by atoms with E-state index in [1.54, 1.807) is 6.92 Å². The second-order valence-corrected chi connectivity index (χ2v) is 4.23. The molecule has 0 aromatic heterocycles. The molecule has 0 saturated carbocycles. The predicted molar refractivity (Wildman–Crippen MR) is 60.0 cm³/mol. The van der Waals surface area contributed by atoms with Crippen LogP contribution in [0.4, 0.5) is 17.6 Å². The number of hydrogen-bond acceptors (Lipinski definition) is 2. The molecule has 18 heavy (non-hydrogen) atoms. The first kappa shape index (κ1) is 14.8. The Labute approximate surface area is 103 Å². The average Bonchev–Trinajstić information content (AvgIpc) is 2.24. The zero-order valence-electron chi connectivity index (χ0n) is 10.1. The lowest BCUT2D eigenvalue weighted by Crippen LogP contribution is -2.25. The second kappa shape index (κ2) is 5.56. The van der Waals surface area contributed by atoms with E-state index >= 15 is 0 Å². The Morgan fingerprint density at radius 1 is 1.28 bits per heavy atom. The van der Waals surface area contributed by atoms with Gasteiger partial charge in [0.15, 0.2) is 0 Å². The van der Waals surface area contributed by atoms with Crippen molar-refractivity contribution in [2.45, 2.75) is 32.0 Å². The van der Waals surface area contributed by atoms with Crippen LogP contribution in [-0.4, -0.2) is 18.8 Å². The van der Waals surface area contributed by atoms with Gasteiger partial charge in [0.25, 0.3) is 0 Å². The van der Waals surface area contributed by atoms with Gasteiger partial charge in [0.05, 0.1) is 5.92 Å². The molecular weight excluding hydrogens is 250 g/mol. The highest BCUT2D eigenvalue weighted by atomic mass is 19.4. The topological polar surface area (TPSA) is 35.2 Å². The van der Waals surface area contributed by atoms with E-state index in [1.165, 1.54) is 6.07 Å². The third-order valence-corrected chi connectivity index (χ3v) is 2.43. The van der Waals surface area contributed by atoms with Crippen LogP contribution in [0.15, 0.2) is 18.2 Å². The standard InChI is InChI=1S/C12H15F4NO/c1-7(17)6-18-11-4-3-9(13)5-10(11)8(2)12(14,15)16/h3-5,7-8H,6,17H2,1-2H3/t7-,8-/m0/s1. The lowest BCUT2D eigenvalue weighted by atomic mass is 9.99. The molecule has 0 spiro atoms.